The van der Waals surface area contributed by atoms with Crippen LogP contribution in [0.5, 0.6) is 5.75 Å². The molecule has 0 fully saturated rings. The van der Waals surface area contributed by atoms with Crippen molar-refractivity contribution in [1.29, 1.82) is 0 Å². The molecule has 0 aliphatic rings. The third-order valence-corrected chi connectivity index (χ3v) is 2.76. The van der Waals surface area contributed by atoms with Gasteiger partial charge in [0, 0.05) is 5.56 Å². The Balaban J connectivity index is 2.47. The van der Waals surface area contributed by atoms with Crippen molar-refractivity contribution in [1.82, 2.24) is 4.98 Å². The van der Waals surface area contributed by atoms with Crippen molar-refractivity contribution in [2.24, 2.45) is 0 Å². The van der Waals surface area contributed by atoms with Gasteiger partial charge in [0.25, 0.3) is 0 Å². The van der Waals surface area contributed by atoms with Crippen molar-refractivity contribution < 1.29 is 27.8 Å². The van der Waals surface area contributed by atoms with Gasteiger partial charge in [-0.25, -0.2) is 9.78 Å². The van der Waals surface area contributed by atoms with E-state index in [0.717, 1.165) is 12.1 Å². The first-order chi connectivity index (χ1) is 9.78. The summed E-state index contributed by atoms with van der Waals surface area (Å²) in [4.78, 5) is 14.6. The first kappa shape index (κ1) is 15.1. The molecule has 21 heavy (non-hydrogen) atoms. The zero-order valence-corrected chi connectivity index (χ0v) is 10.9. The first-order valence-corrected chi connectivity index (χ1v) is 5.91. The zero-order valence-electron chi connectivity index (χ0n) is 10.2. The number of rotatable bonds is 3. The number of alkyl halides is 3. The van der Waals surface area contributed by atoms with Gasteiger partial charge in [-0.1, -0.05) is 23.7 Å². The highest BCUT2D eigenvalue weighted by Gasteiger charge is 2.32. The number of hydrogen-bond donors (Lipinski definition) is 1. The Hall–Kier alpha value is -2.28. The summed E-state index contributed by atoms with van der Waals surface area (Å²) in [5.74, 6) is -1.73. The molecule has 0 bridgehead atoms. The molecule has 0 atom stereocenters. The largest absolute Gasteiger partial charge is 0.573 e. The minimum atomic E-state index is -4.85. The number of benzene rings is 1. The fourth-order valence-electron chi connectivity index (χ4n) is 1.64. The summed E-state index contributed by atoms with van der Waals surface area (Å²) in [6.45, 7) is 0. The number of carbonyl (C=O) groups is 1. The van der Waals surface area contributed by atoms with Crippen LogP contribution in [-0.2, 0) is 0 Å². The molecule has 0 aliphatic heterocycles. The Kier molecular flexibility index (Phi) is 4.04. The lowest BCUT2D eigenvalue weighted by Crippen LogP contribution is -2.17. The Morgan fingerprint density at radius 2 is 1.86 bits per heavy atom. The average molecular weight is 318 g/mol. The first-order valence-electron chi connectivity index (χ1n) is 5.53. The molecule has 0 saturated carbocycles. The molecule has 4 nitrogen and oxygen atoms in total. The second-order valence-corrected chi connectivity index (χ2v) is 4.24. The van der Waals surface area contributed by atoms with Crippen LogP contribution >= 0.6 is 11.6 Å². The summed E-state index contributed by atoms with van der Waals surface area (Å²) < 4.78 is 40.9. The number of aromatic nitrogens is 1. The SMILES string of the molecule is O=C(O)c1ccc(-c2ccccc2OC(F)(F)F)nc1Cl. The molecule has 0 unspecified atom stereocenters. The Morgan fingerprint density at radius 3 is 2.43 bits per heavy atom. The van der Waals surface area contributed by atoms with Crippen molar-refractivity contribution in [3.8, 4) is 17.0 Å². The van der Waals surface area contributed by atoms with Gasteiger partial charge in [0.15, 0.2) is 0 Å². The van der Waals surface area contributed by atoms with E-state index in [1.165, 1.54) is 24.3 Å². The van der Waals surface area contributed by atoms with Gasteiger partial charge in [0.05, 0.1) is 11.3 Å². The fraction of sp³-hybridized carbons (Fsp3) is 0.0769. The molecule has 0 aliphatic carbocycles. The molecule has 0 saturated heterocycles. The quantitative estimate of drug-likeness (QED) is 0.869. The third-order valence-electron chi connectivity index (χ3n) is 2.47. The van der Waals surface area contributed by atoms with E-state index in [4.69, 9.17) is 16.7 Å². The van der Waals surface area contributed by atoms with Gasteiger partial charge < -0.3 is 9.84 Å². The van der Waals surface area contributed by atoms with Crippen LogP contribution in [0.15, 0.2) is 36.4 Å². The molecule has 0 radical (unpaired) electrons. The number of aromatic carboxylic acids is 1. The minimum absolute atomic E-state index is 0.0497. The second-order valence-electron chi connectivity index (χ2n) is 3.88. The number of carboxylic acids is 1. The molecule has 0 spiro atoms. The summed E-state index contributed by atoms with van der Waals surface area (Å²) in [7, 11) is 0. The smallest absolute Gasteiger partial charge is 0.478 e. The number of hydrogen-bond acceptors (Lipinski definition) is 3. The summed E-state index contributed by atoms with van der Waals surface area (Å²) >= 11 is 5.70. The topological polar surface area (TPSA) is 59.4 Å². The van der Waals surface area contributed by atoms with Crippen LogP contribution in [0.25, 0.3) is 11.3 Å². The van der Waals surface area contributed by atoms with E-state index in [9.17, 15) is 18.0 Å². The Labute approximate surface area is 121 Å². The molecule has 1 heterocycles. The molecule has 1 aromatic carbocycles. The monoisotopic (exact) mass is 317 g/mol. The molecule has 0 amide bonds. The lowest BCUT2D eigenvalue weighted by atomic mass is 10.1. The van der Waals surface area contributed by atoms with E-state index in [0.29, 0.717) is 0 Å². The van der Waals surface area contributed by atoms with E-state index >= 15 is 0 Å². The van der Waals surface area contributed by atoms with Crippen molar-refractivity contribution in [2.45, 2.75) is 6.36 Å². The summed E-state index contributed by atoms with van der Waals surface area (Å²) in [6.07, 6.45) is -4.85. The van der Waals surface area contributed by atoms with Crippen LogP contribution in [0, 0.1) is 0 Å². The van der Waals surface area contributed by atoms with E-state index < -0.39 is 18.1 Å². The Morgan fingerprint density at radius 1 is 1.19 bits per heavy atom. The van der Waals surface area contributed by atoms with E-state index in [2.05, 4.69) is 9.72 Å². The van der Waals surface area contributed by atoms with Gasteiger partial charge >= 0.3 is 12.3 Å². The number of halogens is 4. The van der Waals surface area contributed by atoms with Crippen molar-refractivity contribution in [2.75, 3.05) is 0 Å². The van der Waals surface area contributed by atoms with Gasteiger partial charge in [-0.2, -0.15) is 0 Å². The highest BCUT2D eigenvalue weighted by Crippen LogP contribution is 2.33. The van der Waals surface area contributed by atoms with Crippen molar-refractivity contribution >= 4 is 17.6 Å². The molecule has 2 aromatic rings. The normalized spacial score (nSPS) is 11.2. The molecule has 1 N–H and O–H groups in total. The number of carboxylic acid groups (broad SMARTS) is 1. The molecular weight excluding hydrogens is 311 g/mol. The average Bonchev–Trinajstić information content (AvgIpc) is 2.36. The summed E-state index contributed by atoms with van der Waals surface area (Å²) in [5.41, 5.74) is -0.117. The minimum Gasteiger partial charge on any atom is -0.478 e. The van der Waals surface area contributed by atoms with Gasteiger partial charge in [-0.15, -0.1) is 13.2 Å². The van der Waals surface area contributed by atoms with Gasteiger partial charge in [0.1, 0.15) is 10.9 Å². The summed E-state index contributed by atoms with van der Waals surface area (Å²) in [6, 6.07) is 7.78. The maximum absolute atomic E-state index is 12.3. The van der Waals surface area contributed by atoms with Crippen molar-refractivity contribution in [3.63, 3.8) is 0 Å². The van der Waals surface area contributed by atoms with Crippen molar-refractivity contribution in [3.05, 3.63) is 47.1 Å². The van der Waals surface area contributed by atoms with Gasteiger partial charge in [-0.05, 0) is 24.3 Å². The molecule has 1 aromatic heterocycles. The van der Waals surface area contributed by atoms with Crippen LogP contribution < -0.4 is 4.74 Å². The lowest BCUT2D eigenvalue weighted by Gasteiger charge is -2.13. The molecule has 8 heteroatoms. The number of para-hydroxylation sites is 1. The number of nitrogens with zero attached hydrogens (tertiary/aromatic N) is 1. The van der Waals surface area contributed by atoms with Gasteiger partial charge in [0.2, 0.25) is 0 Å². The van der Waals surface area contributed by atoms with Crippen LogP contribution in [0.1, 0.15) is 10.4 Å². The van der Waals surface area contributed by atoms with Gasteiger partial charge in [-0.3, -0.25) is 0 Å². The third kappa shape index (κ3) is 3.63. The predicted molar refractivity (Wildman–Crippen MR) is 68.3 cm³/mol. The second kappa shape index (κ2) is 5.61. The maximum Gasteiger partial charge on any atom is 0.573 e. The zero-order chi connectivity index (χ0) is 15.6. The fourth-order valence-corrected chi connectivity index (χ4v) is 1.87. The number of ether oxygens (including phenoxy) is 1. The van der Waals surface area contributed by atoms with E-state index in [1.54, 1.807) is 0 Å². The van der Waals surface area contributed by atoms with Crippen LogP contribution in [-0.4, -0.2) is 22.4 Å². The highest BCUT2D eigenvalue weighted by molar-refractivity contribution is 6.32. The Bertz CT molecular complexity index is 689. The molecule has 110 valence electrons. The van der Waals surface area contributed by atoms with E-state index in [-0.39, 0.29) is 22.0 Å². The number of pyridine rings is 1. The summed E-state index contributed by atoms with van der Waals surface area (Å²) in [5, 5.41) is 8.52. The van der Waals surface area contributed by atoms with Crippen LogP contribution in [0.2, 0.25) is 5.15 Å². The maximum atomic E-state index is 12.3. The van der Waals surface area contributed by atoms with Crippen LogP contribution in [0.4, 0.5) is 13.2 Å². The predicted octanol–water partition coefficient (Wildman–Crippen LogP) is 4.00. The van der Waals surface area contributed by atoms with Crippen LogP contribution in [0.3, 0.4) is 0 Å². The molecular formula is C13H7ClF3NO3. The lowest BCUT2D eigenvalue weighted by molar-refractivity contribution is -0.274. The molecule has 2 rings (SSSR count). The standard InChI is InChI=1S/C13H7ClF3NO3/c14-11-8(12(19)20)5-6-9(18-11)7-3-1-2-4-10(7)21-13(15,16)17/h1-6H,(H,19,20). The van der Waals surface area contributed by atoms with E-state index in [1.807, 2.05) is 0 Å². The highest BCUT2D eigenvalue weighted by atomic mass is 35.5.